The maximum Gasteiger partial charge on any atom is 0.410 e. The van der Waals surface area contributed by atoms with Gasteiger partial charge in [0.15, 0.2) is 0 Å². The summed E-state index contributed by atoms with van der Waals surface area (Å²) in [6.07, 6.45) is 0.0947. The Labute approximate surface area is 123 Å². The molecule has 0 radical (unpaired) electrons. The minimum Gasteiger partial charge on any atom is -0.486 e. The zero-order valence-corrected chi connectivity index (χ0v) is 12.6. The molecular weight excluding hydrogens is 275 g/mol. The van der Waals surface area contributed by atoms with E-state index in [1.807, 2.05) is 20.8 Å². The number of para-hydroxylation sites is 1. The second-order valence-electron chi connectivity index (χ2n) is 6.11. The van der Waals surface area contributed by atoms with Crippen molar-refractivity contribution < 1.29 is 18.7 Å². The first kappa shape index (κ1) is 15.4. The quantitative estimate of drug-likeness (QED) is 0.852. The molecule has 21 heavy (non-hydrogen) atoms. The van der Waals surface area contributed by atoms with E-state index in [4.69, 9.17) is 15.2 Å². The van der Waals surface area contributed by atoms with Crippen LogP contribution < -0.4 is 10.5 Å². The Bertz CT molecular complexity index is 528. The predicted molar refractivity (Wildman–Crippen MR) is 77.7 cm³/mol. The van der Waals surface area contributed by atoms with Crippen LogP contribution in [0.25, 0.3) is 0 Å². The number of benzene rings is 1. The predicted octanol–water partition coefficient (Wildman–Crippen LogP) is 2.80. The van der Waals surface area contributed by atoms with E-state index in [0.717, 1.165) is 0 Å². The smallest absolute Gasteiger partial charge is 0.410 e. The summed E-state index contributed by atoms with van der Waals surface area (Å²) in [5.41, 5.74) is 5.10. The van der Waals surface area contributed by atoms with Crippen LogP contribution in [-0.4, -0.2) is 35.8 Å². The number of hydrogen-bond acceptors (Lipinski definition) is 4. The molecule has 0 aliphatic carbocycles. The van der Waals surface area contributed by atoms with E-state index in [-0.39, 0.29) is 17.9 Å². The molecule has 1 amide bonds. The molecule has 2 rings (SSSR count). The highest BCUT2D eigenvalue weighted by molar-refractivity contribution is 5.68. The van der Waals surface area contributed by atoms with Gasteiger partial charge in [-0.1, -0.05) is 6.07 Å². The Morgan fingerprint density at radius 3 is 2.81 bits per heavy atom. The second kappa shape index (κ2) is 5.79. The van der Waals surface area contributed by atoms with Gasteiger partial charge in [-0.25, -0.2) is 9.18 Å². The molecule has 0 unspecified atom stereocenters. The first-order valence-corrected chi connectivity index (χ1v) is 6.95. The molecule has 1 saturated heterocycles. The molecular formula is C15H21FN2O3. The van der Waals surface area contributed by atoms with Gasteiger partial charge in [0, 0.05) is 13.0 Å². The van der Waals surface area contributed by atoms with Gasteiger partial charge in [0.05, 0.1) is 6.54 Å². The molecule has 116 valence electrons. The lowest BCUT2D eigenvalue weighted by Gasteiger charge is -2.24. The molecule has 1 aromatic carbocycles. The second-order valence-corrected chi connectivity index (χ2v) is 6.11. The van der Waals surface area contributed by atoms with Crippen molar-refractivity contribution in [1.82, 2.24) is 4.90 Å². The number of amides is 1. The minimum absolute atomic E-state index is 0.00628. The van der Waals surface area contributed by atoms with Crippen LogP contribution in [0.5, 0.6) is 5.75 Å². The van der Waals surface area contributed by atoms with E-state index in [9.17, 15) is 9.18 Å². The summed E-state index contributed by atoms with van der Waals surface area (Å²) in [5, 5.41) is 0. The molecule has 1 fully saturated rings. The van der Waals surface area contributed by atoms with Gasteiger partial charge in [-0.05, 0) is 32.9 Å². The van der Waals surface area contributed by atoms with Gasteiger partial charge in [0.1, 0.15) is 29.0 Å². The number of carbonyl (C=O) groups excluding carboxylic acids is 1. The van der Waals surface area contributed by atoms with Crippen molar-refractivity contribution in [1.29, 1.82) is 0 Å². The monoisotopic (exact) mass is 296 g/mol. The van der Waals surface area contributed by atoms with Crippen molar-refractivity contribution in [3.05, 3.63) is 24.0 Å². The fraction of sp³-hybridized carbons (Fsp3) is 0.533. The maximum atomic E-state index is 13.4. The first-order valence-electron chi connectivity index (χ1n) is 6.95. The molecule has 0 spiro atoms. The lowest BCUT2D eigenvalue weighted by Crippen LogP contribution is -2.36. The summed E-state index contributed by atoms with van der Waals surface area (Å²) < 4.78 is 24.3. The molecule has 0 bridgehead atoms. The Kier molecular flexibility index (Phi) is 4.25. The SMILES string of the molecule is CC(C)(C)OC(=O)N1CC[C@H](Oc2cccc(F)c2N)C1. The van der Waals surface area contributed by atoms with Gasteiger partial charge < -0.3 is 20.1 Å². The Morgan fingerprint density at radius 1 is 1.43 bits per heavy atom. The molecule has 1 aliphatic heterocycles. The third kappa shape index (κ3) is 4.00. The highest BCUT2D eigenvalue weighted by atomic mass is 19.1. The average molecular weight is 296 g/mol. The van der Waals surface area contributed by atoms with Crippen molar-refractivity contribution in [2.75, 3.05) is 18.8 Å². The fourth-order valence-corrected chi connectivity index (χ4v) is 2.12. The van der Waals surface area contributed by atoms with Crippen LogP contribution in [0.2, 0.25) is 0 Å². The highest BCUT2D eigenvalue weighted by Crippen LogP contribution is 2.27. The van der Waals surface area contributed by atoms with E-state index in [1.54, 1.807) is 17.0 Å². The number of halogens is 1. The third-order valence-corrected chi connectivity index (χ3v) is 3.10. The van der Waals surface area contributed by atoms with E-state index in [0.29, 0.717) is 25.3 Å². The van der Waals surface area contributed by atoms with Gasteiger partial charge in [-0.2, -0.15) is 0 Å². The zero-order chi connectivity index (χ0) is 15.6. The van der Waals surface area contributed by atoms with Crippen molar-refractivity contribution in [2.24, 2.45) is 0 Å². The summed E-state index contributed by atoms with van der Waals surface area (Å²) in [7, 11) is 0. The zero-order valence-electron chi connectivity index (χ0n) is 12.6. The van der Waals surface area contributed by atoms with Crippen molar-refractivity contribution in [2.45, 2.75) is 38.9 Å². The van der Waals surface area contributed by atoms with Crippen molar-refractivity contribution >= 4 is 11.8 Å². The Morgan fingerprint density at radius 2 is 2.14 bits per heavy atom. The molecule has 1 heterocycles. The lowest BCUT2D eigenvalue weighted by atomic mass is 10.2. The van der Waals surface area contributed by atoms with Gasteiger partial charge in [0.25, 0.3) is 0 Å². The van der Waals surface area contributed by atoms with E-state index in [1.165, 1.54) is 6.07 Å². The van der Waals surface area contributed by atoms with Crippen molar-refractivity contribution in [3.63, 3.8) is 0 Å². The molecule has 2 N–H and O–H groups in total. The number of hydrogen-bond donors (Lipinski definition) is 1. The van der Waals surface area contributed by atoms with E-state index in [2.05, 4.69) is 0 Å². The maximum absolute atomic E-state index is 13.4. The molecule has 0 saturated carbocycles. The van der Waals surface area contributed by atoms with Gasteiger partial charge in [0.2, 0.25) is 0 Å². The number of likely N-dealkylation sites (tertiary alicyclic amines) is 1. The summed E-state index contributed by atoms with van der Waals surface area (Å²) in [5.74, 6) is -0.194. The third-order valence-electron chi connectivity index (χ3n) is 3.10. The standard InChI is InChI=1S/C15H21FN2O3/c1-15(2,3)21-14(19)18-8-7-10(9-18)20-12-6-4-5-11(16)13(12)17/h4-6,10H,7-9,17H2,1-3H3/t10-/m0/s1. The molecule has 6 heteroatoms. The summed E-state index contributed by atoms with van der Waals surface area (Å²) >= 11 is 0. The van der Waals surface area contributed by atoms with E-state index < -0.39 is 11.4 Å². The van der Waals surface area contributed by atoms with Crippen molar-refractivity contribution in [3.8, 4) is 5.75 Å². The van der Waals surface area contributed by atoms with Crippen LogP contribution in [0.4, 0.5) is 14.9 Å². The number of nitrogens with zero attached hydrogens (tertiary/aromatic N) is 1. The summed E-state index contributed by atoms with van der Waals surface area (Å²) in [6.45, 7) is 6.42. The number of nitrogen functional groups attached to an aromatic ring is 1. The van der Waals surface area contributed by atoms with Crippen LogP contribution >= 0.6 is 0 Å². The summed E-state index contributed by atoms with van der Waals surface area (Å²) in [4.78, 5) is 13.5. The molecule has 1 atom stereocenters. The largest absolute Gasteiger partial charge is 0.486 e. The average Bonchev–Trinajstić information content (AvgIpc) is 2.82. The molecule has 1 aliphatic rings. The van der Waals surface area contributed by atoms with Crippen LogP contribution in [0.15, 0.2) is 18.2 Å². The minimum atomic E-state index is -0.525. The van der Waals surface area contributed by atoms with Crippen LogP contribution in [0.1, 0.15) is 27.2 Å². The molecule has 5 nitrogen and oxygen atoms in total. The fourth-order valence-electron chi connectivity index (χ4n) is 2.12. The van der Waals surface area contributed by atoms with Crippen LogP contribution in [-0.2, 0) is 4.74 Å². The Hall–Kier alpha value is -1.98. The number of rotatable bonds is 2. The molecule has 1 aromatic rings. The van der Waals surface area contributed by atoms with Gasteiger partial charge in [-0.15, -0.1) is 0 Å². The lowest BCUT2D eigenvalue weighted by molar-refractivity contribution is 0.0276. The highest BCUT2D eigenvalue weighted by Gasteiger charge is 2.31. The number of nitrogens with two attached hydrogens (primary N) is 1. The van der Waals surface area contributed by atoms with Gasteiger partial charge in [-0.3, -0.25) is 0 Å². The Balaban J connectivity index is 1.94. The topological polar surface area (TPSA) is 64.8 Å². The summed E-state index contributed by atoms with van der Waals surface area (Å²) in [6, 6.07) is 4.44. The van der Waals surface area contributed by atoms with Gasteiger partial charge >= 0.3 is 6.09 Å². The number of anilines is 1. The number of ether oxygens (including phenoxy) is 2. The van der Waals surface area contributed by atoms with E-state index >= 15 is 0 Å². The first-order chi connectivity index (χ1) is 9.76. The van der Waals surface area contributed by atoms with Crippen LogP contribution in [0.3, 0.4) is 0 Å². The normalized spacial score (nSPS) is 18.7. The number of carbonyl (C=O) groups is 1. The molecule has 0 aromatic heterocycles. The van der Waals surface area contributed by atoms with Crippen LogP contribution in [0, 0.1) is 5.82 Å².